The molecule has 0 bridgehead atoms. The molecular weight excluding hydrogens is 258 g/mol. The molecular formula is C15H21NO4. The Morgan fingerprint density at radius 3 is 3.00 bits per heavy atom. The van der Waals surface area contributed by atoms with Crippen molar-refractivity contribution in [2.75, 3.05) is 26.8 Å². The van der Waals surface area contributed by atoms with Crippen molar-refractivity contribution in [3.05, 3.63) is 29.8 Å². The summed E-state index contributed by atoms with van der Waals surface area (Å²) in [5.74, 6) is 0.797. The van der Waals surface area contributed by atoms with Gasteiger partial charge in [0.2, 0.25) is 5.91 Å². The first kappa shape index (κ1) is 14.8. The molecule has 0 aliphatic carbocycles. The summed E-state index contributed by atoms with van der Waals surface area (Å²) in [6.07, 6.45) is 0.00499. The lowest BCUT2D eigenvalue weighted by atomic mass is 10.1. The molecule has 1 N–H and O–H groups in total. The van der Waals surface area contributed by atoms with Crippen molar-refractivity contribution < 1.29 is 19.4 Å². The number of methoxy groups -OCH3 is 1. The van der Waals surface area contributed by atoms with E-state index >= 15 is 0 Å². The van der Waals surface area contributed by atoms with Gasteiger partial charge in [0.05, 0.1) is 32.3 Å². The van der Waals surface area contributed by atoms with Crippen LogP contribution in [0.5, 0.6) is 5.75 Å². The predicted octanol–water partition coefficient (Wildman–Crippen LogP) is 0.846. The summed E-state index contributed by atoms with van der Waals surface area (Å²) in [7, 11) is 1.61. The minimum Gasteiger partial charge on any atom is -0.497 e. The Bertz CT molecular complexity index is 463. The lowest BCUT2D eigenvalue weighted by Crippen LogP contribution is -2.50. The second-order valence-corrected chi connectivity index (χ2v) is 5.08. The van der Waals surface area contributed by atoms with Crippen molar-refractivity contribution in [2.45, 2.75) is 25.6 Å². The highest BCUT2D eigenvalue weighted by atomic mass is 16.5. The largest absolute Gasteiger partial charge is 0.497 e. The summed E-state index contributed by atoms with van der Waals surface area (Å²) in [6.45, 7) is 2.86. The number of carbonyl (C=O) groups excluding carboxylic acids is 1. The van der Waals surface area contributed by atoms with Crippen molar-refractivity contribution in [1.82, 2.24) is 4.90 Å². The number of hydrogen-bond acceptors (Lipinski definition) is 4. The minimum absolute atomic E-state index is 0.0461. The minimum atomic E-state index is -0.284. The highest BCUT2D eigenvalue weighted by Crippen LogP contribution is 2.16. The Labute approximate surface area is 119 Å². The molecule has 0 spiro atoms. The molecule has 1 aliphatic rings. The maximum atomic E-state index is 12.3. The number of hydrogen-bond donors (Lipinski definition) is 1. The number of rotatable bonds is 4. The van der Waals surface area contributed by atoms with Gasteiger partial charge in [-0.3, -0.25) is 4.79 Å². The first-order valence-electron chi connectivity index (χ1n) is 6.79. The van der Waals surface area contributed by atoms with E-state index in [1.165, 1.54) is 0 Å². The van der Waals surface area contributed by atoms with E-state index in [-0.39, 0.29) is 24.7 Å². The Morgan fingerprint density at radius 1 is 1.50 bits per heavy atom. The monoisotopic (exact) mass is 279 g/mol. The topological polar surface area (TPSA) is 59.0 Å². The van der Waals surface area contributed by atoms with Crippen LogP contribution in [0.2, 0.25) is 0 Å². The summed E-state index contributed by atoms with van der Waals surface area (Å²) in [4.78, 5) is 14.1. The van der Waals surface area contributed by atoms with Gasteiger partial charge in [-0.25, -0.2) is 0 Å². The quantitative estimate of drug-likeness (QED) is 0.887. The molecule has 0 aromatic heterocycles. The average Bonchev–Trinajstić information content (AvgIpc) is 2.46. The van der Waals surface area contributed by atoms with Crippen LogP contribution in [0, 0.1) is 0 Å². The predicted molar refractivity (Wildman–Crippen MR) is 74.7 cm³/mol. The zero-order chi connectivity index (χ0) is 14.5. The van der Waals surface area contributed by atoms with Crippen LogP contribution in [0.15, 0.2) is 24.3 Å². The first-order valence-corrected chi connectivity index (χ1v) is 6.79. The lowest BCUT2D eigenvalue weighted by Gasteiger charge is -2.36. The van der Waals surface area contributed by atoms with Crippen LogP contribution in [-0.4, -0.2) is 54.9 Å². The van der Waals surface area contributed by atoms with Crippen LogP contribution >= 0.6 is 0 Å². The molecule has 110 valence electrons. The van der Waals surface area contributed by atoms with Crippen molar-refractivity contribution in [3.63, 3.8) is 0 Å². The highest BCUT2D eigenvalue weighted by molar-refractivity contribution is 5.79. The molecule has 1 heterocycles. The van der Waals surface area contributed by atoms with Gasteiger partial charge in [0, 0.05) is 13.1 Å². The van der Waals surface area contributed by atoms with Crippen LogP contribution in [0.3, 0.4) is 0 Å². The van der Waals surface area contributed by atoms with Crippen molar-refractivity contribution in [1.29, 1.82) is 0 Å². The van der Waals surface area contributed by atoms with E-state index in [0.717, 1.165) is 11.3 Å². The molecule has 0 saturated carbocycles. The van der Waals surface area contributed by atoms with E-state index < -0.39 is 0 Å². The number of benzene rings is 1. The van der Waals surface area contributed by atoms with Gasteiger partial charge in [-0.15, -0.1) is 0 Å². The summed E-state index contributed by atoms with van der Waals surface area (Å²) in [6, 6.07) is 7.51. The molecule has 5 nitrogen and oxygen atoms in total. The third-order valence-corrected chi connectivity index (χ3v) is 3.37. The number of ether oxygens (including phenoxy) is 2. The molecule has 1 aromatic rings. The fourth-order valence-electron chi connectivity index (χ4n) is 2.42. The Kier molecular flexibility index (Phi) is 4.98. The second-order valence-electron chi connectivity index (χ2n) is 5.08. The molecule has 0 radical (unpaired) electrons. The number of amides is 1. The highest BCUT2D eigenvalue weighted by Gasteiger charge is 2.27. The number of aliphatic hydroxyl groups is 1. The number of morpholine rings is 1. The smallest absolute Gasteiger partial charge is 0.227 e. The molecule has 2 unspecified atom stereocenters. The van der Waals surface area contributed by atoms with Crippen LogP contribution in [0.25, 0.3) is 0 Å². The molecule has 1 aliphatic heterocycles. The van der Waals surface area contributed by atoms with Crippen molar-refractivity contribution in [3.8, 4) is 5.75 Å². The van der Waals surface area contributed by atoms with Gasteiger partial charge in [0.25, 0.3) is 0 Å². The van der Waals surface area contributed by atoms with Crippen LogP contribution in [0.1, 0.15) is 12.5 Å². The lowest BCUT2D eigenvalue weighted by molar-refractivity contribution is -0.146. The van der Waals surface area contributed by atoms with Crippen LogP contribution < -0.4 is 4.74 Å². The zero-order valence-electron chi connectivity index (χ0n) is 11.9. The van der Waals surface area contributed by atoms with Gasteiger partial charge in [-0.2, -0.15) is 0 Å². The van der Waals surface area contributed by atoms with Crippen molar-refractivity contribution in [2.24, 2.45) is 0 Å². The van der Waals surface area contributed by atoms with E-state index in [1.807, 2.05) is 31.2 Å². The Balaban J connectivity index is 2.00. The van der Waals surface area contributed by atoms with E-state index in [1.54, 1.807) is 12.0 Å². The number of carbonyl (C=O) groups is 1. The van der Waals surface area contributed by atoms with E-state index in [0.29, 0.717) is 19.5 Å². The molecule has 2 rings (SSSR count). The van der Waals surface area contributed by atoms with Gasteiger partial charge >= 0.3 is 0 Å². The summed E-state index contributed by atoms with van der Waals surface area (Å²) in [5, 5.41) is 9.19. The van der Waals surface area contributed by atoms with Crippen LogP contribution in [0.4, 0.5) is 0 Å². The van der Waals surface area contributed by atoms with E-state index in [9.17, 15) is 9.90 Å². The van der Waals surface area contributed by atoms with Gasteiger partial charge in [-0.05, 0) is 24.6 Å². The molecule has 5 heteroatoms. The van der Waals surface area contributed by atoms with E-state index in [2.05, 4.69) is 0 Å². The Morgan fingerprint density at radius 2 is 2.30 bits per heavy atom. The summed E-state index contributed by atoms with van der Waals surface area (Å²) < 4.78 is 10.7. The second kappa shape index (κ2) is 6.72. The third kappa shape index (κ3) is 3.71. The molecule has 1 aromatic carbocycles. The fraction of sp³-hybridized carbons (Fsp3) is 0.533. The van der Waals surface area contributed by atoms with E-state index in [4.69, 9.17) is 9.47 Å². The van der Waals surface area contributed by atoms with Crippen molar-refractivity contribution >= 4 is 5.91 Å². The van der Waals surface area contributed by atoms with Gasteiger partial charge in [0.1, 0.15) is 5.75 Å². The first-order chi connectivity index (χ1) is 9.62. The zero-order valence-corrected chi connectivity index (χ0v) is 11.9. The molecule has 20 heavy (non-hydrogen) atoms. The maximum absolute atomic E-state index is 12.3. The van der Waals surface area contributed by atoms with Gasteiger partial charge in [-0.1, -0.05) is 12.1 Å². The average molecular weight is 279 g/mol. The molecule has 1 amide bonds. The molecule has 1 fully saturated rings. The van der Waals surface area contributed by atoms with Gasteiger partial charge < -0.3 is 19.5 Å². The third-order valence-electron chi connectivity index (χ3n) is 3.37. The van der Waals surface area contributed by atoms with Crippen LogP contribution in [-0.2, 0) is 16.0 Å². The SMILES string of the molecule is COc1cccc(CC(=O)N2CC(C)OC(CO)C2)c1. The Hall–Kier alpha value is -1.59. The summed E-state index contributed by atoms with van der Waals surface area (Å²) >= 11 is 0. The number of aliphatic hydroxyl groups excluding tert-OH is 1. The normalized spacial score (nSPS) is 22.6. The maximum Gasteiger partial charge on any atom is 0.227 e. The van der Waals surface area contributed by atoms with Gasteiger partial charge in [0.15, 0.2) is 0 Å². The fourth-order valence-corrected chi connectivity index (χ4v) is 2.42. The standard InChI is InChI=1S/C15H21NO4/c1-11-8-16(9-14(10-17)20-11)15(18)7-12-4-3-5-13(6-12)19-2/h3-6,11,14,17H,7-10H2,1-2H3. The summed E-state index contributed by atoms with van der Waals surface area (Å²) in [5.41, 5.74) is 0.925. The molecule has 2 atom stereocenters. The number of nitrogens with zero attached hydrogens (tertiary/aromatic N) is 1. The molecule has 1 saturated heterocycles.